The number of hydrogen-bond acceptors (Lipinski definition) is 4. The van der Waals surface area contributed by atoms with E-state index in [1.165, 1.54) is 26.2 Å². The van der Waals surface area contributed by atoms with E-state index in [0.717, 1.165) is 19.3 Å². The fraction of sp³-hybridized carbons (Fsp3) is 0.850. The molecule has 0 aliphatic heterocycles. The van der Waals surface area contributed by atoms with Crippen LogP contribution in [0.25, 0.3) is 0 Å². The molecule has 0 unspecified atom stereocenters. The number of carbonyl (C=O) groups excluding carboxylic acids is 3. The molecule has 26 heavy (non-hydrogen) atoms. The lowest BCUT2D eigenvalue weighted by Crippen LogP contribution is -2.55. The molecule has 4 fully saturated rings. The minimum atomic E-state index is -0.268. The Morgan fingerprint density at radius 3 is 2.12 bits per heavy atom. The summed E-state index contributed by atoms with van der Waals surface area (Å²) in [4.78, 5) is 38.3. The first-order valence-corrected chi connectivity index (χ1v) is 10.1. The monoisotopic (exact) mass is 364 g/mol. The number of nitrogens with zero attached hydrogens (tertiary/aromatic N) is 1. The maximum atomic E-state index is 13.5. The van der Waals surface area contributed by atoms with Crippen LogP contribution >= 0.6 is 0 Å². The Morgan fingerprint density at radius 1 is 1.04 bits per heavy atom. The van der Waals surface area contributed by atoms with Crippen LogP contribution in [-0.2, 0) is 19.1 Å². The third-order valence-corrected chi connectivity index (χ3v) is 6.43. The molecular formula is C20H32N2O4. The number of hydrogen-bond donors (Lipinski definition) is 1. The van der Waals surface area contributed by atoms with Gasteiger partial charge < -0.3 is 15.0 Å². The molecule has 4 bridgehead atoms. The number of ether oxygens (including phenoxy) is 1. The van der Waals surface area contributed by atoms with Gasteiger partial charge in [-0.25, -0.2) is 0 Å². The molecular weight excluding hydrogens is 332 g/mol. The number of rotatable bonds is 8. The third-order valence-electron chi connectivity index (χ3n) is 6.43. The van der Waals surface area contributed by atoms with Crippen LogP contribution in [0.3, 0.4) is 0 Å². The van der Waals surface area contributed by atoms with Crippen LogP contribution in [0.2, 0.25) is 0 Å². The van der Waals surface area contributed by atoms with E-state index in [4.69, 9.17) is 4.74 Å². The van der Waals surface area contributed by atoms with Gasteiger partial charge in [-0.1, -0.05) is 0 Å². The molecule has 6 nitrogen and oxygen atoms in total. The summed E-state index contributed by atoms with van der Waals surface area (Å²) in [6, 6.07) is 0. The van der Waals surface area contributed by atoms with E-state index in [9.17, 15) is 14.4 Å². The molecule has 0 radical (unpaired) electrons. The molecule has 0 aromatic heterocycles. The van der Waals surface area contributed by atoms with Crippen molar-refractivity contribution in [2.24, 2.45) is 23.2 Å². The third kappa shape index (κ3) is 4.21. The second-order valence-corrected chi connectivity index (χ2v) is 8.53. The normalized spacial score (nSPS) is 31.5. The topological polar surface area (TPSA) is 75.7 Å². The highest BCUT2D eigenvalue weighted by Crippen LogP contribution is 2.60. The van der Waals surface area contributed by atoms with Crippen molar-refractivity contribution < 1.29 is 19.1 Å². The van der Waals surface area contributed by atoms with Crippen molar-refractivity contribution in [3.63, 3.8) is 0 Å². The maximum Gasteiger partial charge on any atom is 0.307 e. The van der Waals surface area contributed by atoms with Crippen LogP contribution in [0.1, 0.15) is 58.8 Å². The average molecular weight is 364 g/mol. The van der Waals surface area contributed by atoms with Crippen molar-refractivity contribution in [2.75, 3.05) is 26.2 Å². The van der Waals surface area contributed by atoms with Gasteiger partial charge in [-0.05, 0) is 63.2 Å². The zero-order valence-electron chi connectivity index (χ0n) is 16.1. The van der Waals surface area contributed by atoms with E-state index in [1.54, 1.807) is 11.8 Å². The predicted octanol–water partition coefficient (Wildman–Crippen LogP) is 2.12. The maximum absolute atomic E-state index is 13.5. The smallest absolute Gasteiger partial charge is 0.307 e. The minimum Gasteiger partial charge on any atom is -0.466 e. The van der Waals surface area contributed by atoms with Crippen molar-refractivity contribution in [1.82, 2.24) is 10.2 Å². The summed E-state index contributed by atoms with van der Waals surface area (Å²) in [5, 5.41) is 2.77. The predicted molar refractivity (Wildman–Crippen MR) is 97.1 cm³/mol. The van der Waals surface area contributed by atoms with E-state index < -0.39 is 0 Å². The van der Waals surface area contributed by atoms with Crippen molar-refractivity contribution >= 4 is 17.8 Å². The van der Waals surface area contributed by atoms with Crippen LogP contribution in [0.15, 0.2) is 0 Å². The molecule has 0 aromatic rings. The molecule has 146 valence electrons. The molecule has 4 saturated carbocycles. The van der Waals surface area contributed by atoms with Gasteiger partial charge in [-0.2, -0.15) is 0 Å². The van der Waals surface area contributed by atoms with E-state index in [-0.39, 0.29) is 29.6 Å². The lowest BCUT2D eigenvalue weighted by atomic mass is 9.49. The lowest BCUT2D eigenvalue weighted by Gasteiger charge is -2.56. The van der Waals surface area contributed by atoms with Crippen molar-refractivity contribution in [2.45, 2.75) is 58.8 Å². The molecule has 4 rings (SSSR count). The van der Waals surface area contributed by atoms with Gasteiger partial charge in [-0.15, -0.1) is 0 Å². The Bertz CT molecular complexity index is 525. The first-order valence-electron chi connectivity index (χ1n) is 10.1. The molecule has 4 aliphatic rings. The number of amides is 2. The fourth-order valence-electron chi connectivity index (χ4n) is 5.85. The molecule has 0 aromatic carbocycles. The van der Waals surface area contributed by atoms with Gasteiger partial charge in [0.25, 0.3) is 0 Å². The summed E-state index contributed by atoms with van der Waals surface area (Å²) in [6.45, 7) is 4.87. The van der Waals surface area contributed by atoms with Gasteiger partial charge in [0.05, 0.1) is 18.4 Å². The Kier molecular flexibility index (Phi) is 5.88. The van der Waals surface area contributed by atoms with Crippen LogP contribution in [-0.4, -0.2) is 48.9 Å². The Morgan fingerprint density at radius 2 is 1.62 bits per heavy atom. The molecule has 0 saturated heterocycles. The fourth-order valence-corrected chi connectivity index (χ4v) is 5.85. The van der Waals surface area contributed by atoms with Crippen LogP contribution < -0.4 is 5.32 Å². The lowest BCUT2D eigenvalue weighted by molar-refractivity contribution is -0.158. The molecule has 6 heteroatoms. The minimum absolute atomic E-state index is 0.0994. The summed E-state index contributed by atoms with van der Waals surface area (Å²) in [6.07, 6.45) is 7.12. The van der Waals surface area contributed by atoms with Crippen molar-refractivity contribution in [1.29, 1.82) is 0 Å². The first-order chi connectivity index (χ1) is 12.4. The van der Waals surface area contributed by atoms with Gasteiger partial charge in [0.15, 0.2) is 0 Å². The van der Waals surface area contributed by atoms with Gasteiger partial charge in [0, 0.05) is 26.6 Å². The zero-order valence-corrected chi connectivity index (χ0v) is 16.1. The standard InChI is InChI=1S/C20H32N2O4/c1-3-26-18(24)4-6-22(7-5-21-14(2)23)19(25)20-11-15-8-16(12-20)10-17(9-15)13-20/h15-17H,3-13H2,1-2H3,(H,21,23). The second kappa shape index (κ2) is 7.97. The van der Waals surface area contributed by atoms with E-state index in [2.05, 4.69) is 5.32 Å². The highest BCUT2D eigenvalue weighted by atomic mass is 16.5. The van der Waals surface area contributed by atoms with Crippen LogP contribution in [0.4, 0.5) is 0 Å². The largest absolute Gasteiger partial charge is 0.466 e. The van der Waals surface area contributed by atoms with Crippen LogP contribution in [0, 0.1) is 23.2 Å². The highest BCUT2D eigenvalue weighted by molar-refractivity contribution is 5.84. The Balaban J connectivity index is 1.67. The van der Waals surface area contributed by atoms with Crippen molar-refractivity contribution in [3.8, 4) is 0 Å². The second-order valence-electron chi connectivity index (χ2n) is 8.53. The summed E-state index contributed by atoms with van der Waals surface area (Å²) in [5.74, 6) is 1.94. The highest BCUT2D eigenvalue weighted by Gasteiger charge is 2.55. The van der Waals surface area contributed by atoms with Gasteiger partial charge >= 0.3 is 5.97 Å². The Labute approximate surface area is 156 Å². The molecule has 2 amide bonds. The molecule has 0 heterocycles. The summed E-state index contributed by atoms with van der Waals surface area (Å²) < 4.78 is 5.02. The number of esters is 1. The summed E-state index contributed by atoms with van der Waals surface area (Å²) >= 11 is 0. The quantitative estimate of drug-likeness (QED) is 0.670. The van der Waals surface area contributed by atoms with Crippen LogP contribution in [0.5, 0.6) is 0 Å². The van der Waals surface area contributed by atoms with Gasteiger partial charge in [0.1, 0.15) is 0 Å². The Hall–Kier alpha value is -1.59. The van der Waals surface area contributed by atoms with E-state index >= 15 is 0 Å². The van der Waals surface area contributed by atoms with E-state index in [0.29, 0.717) is 44.0 Å². The zero-order chi connectivity index (χ0) is 18.7. The summed E-state index contributed by atoms with van der Waals surface area (Å²) in [5.41, 5.74) is -0.223. The van der Waals surface area contributed by atoms with E-state index in [1.807, 2.05) is 0 Å². The van der Waals surface area contributed by atoms with Crippen molar-refractivity contribution in [3.05, 3.63) is 0 Å². The number of carbonyl (C=O) groups is 3. The SMILES string of the molecule is CCOC(=O)CCN(CCNC(C)=O)C(=O)C12CC3CC(CC(C3)C1)C2. The molecule has 1 N–H and O–H groups in total. The van der Waals surface area contributed by atoms with Gasteiger partial charge in [-0.3, -0.25) is 14.4 Å². The first kappa shape index (κ1) is 19.2. The molecule has 0 spiro atoms. The molecule has 0 atom stereocenters. The van der Waals surface area contributed by atoms with Gasteiger partial charge in [0.2, 0.25) is 11.8 Å². The molecule has 4 aliphatic carbocycles. The average Bonchev–Trinajstić information content (AvgIpc) is 2.56. The summed E-state index contributed by atoms with van der Waals surface area (Å²) in [7, 11) is 0. The number of nitrogens with one attached hydrogen (secondary N) is 1.